The van der Waals surface area contributed by atoms with Crippen molar-refractivity contribution in [2.75, 3.05) is 5.88 Å². The molecule has 17 heavy (non-hydrogen) atoms. The van der Waals surface area contributed by atoms with Crippen LogP contribution in [-0.2, 0) is 0 Å². The van der Waals surface area contributed by atoms with Crippen LogP contribution < -0.4 is 5.32 Å². The number of hydrogen-bond donors (Lipinski definition) is 1. The van der Waals surface area contributed by atoms with Crippen LogP contribution >= 0.6 is 23.2 Å². The molecule has 1 rings (SSSR count). The van der Waals surface area contributed by atoms with Gasteiger partial charge in [-0.05, 0) is 18.4 Å². The van der Waals surface area contributed by atoms with Crippen LogP contribution in [0.3, 0.4) is 0 Å². The Kier molecular flexibility index (Phi) is 5.72. The lowest BCUT2D eigenvalue weighted by Gasteiger charge is -2.18. The summed E-state index contributed by atoms with van der Waals surface area (Å²) < 4.78 is 0. The van der Waals surface area contributed by atoms with E-state index in [0.29, 0.717) is 22.4 Å². The maximum Gasteiger partial charge on any atom is 0.253 e. The Morgan fingerprint density at radius 2 is 2.24 bits per heavy atom. The van der Waals surface area contributed by atoms with Gasteiger partial charge < -0.3 is 5.32 Å². The van der Waals surface area contributed by atoms with Crippen molar-refractivity contribution >= 4 is 29.1 Å². The normalized spacial score (nSPS) is 12.5. The number of rotatable bonds is 5. The van der Waals surface area contributed by atoms with Crippen LogP contribution in [0.5, 0.6) is 0 Å². The number of amides is 1. The molecule has 1 aromatic rings. The first-order chi connectivity index (χ1) is 8.04. The first-order valence-electron chi connectivity index (χ1n) is 5.51. The van der Waals surface area contributed by atoms with Crippen LogP contribution in [-0.4, -0.2) is 22.8 Å². The molecule has 0 aliphatic rings. The average molecular weight is 275 g/mol. The largest absolute Gasteiger partial charge is 0.348 e. The van der Waals surface area contributed by atoms with Gasteiger partial charge in [0, 0.05) is 24.3 Å². The van der Waals surface area contributed by atoms with Crippen molar-refractivity contribution in [3.05, 3.63) is 29.0 Å². The number of aromatic nitrogens is 1. The van der Waals surface area contributed by atoms with Crippen molar-refractivity contribution in [2.45, 2.75) is 26.3 Å². The van der Waals surface area contributed by atoms with Gasteiger partial charge in [-0.2, -0.15) is 0 Å². The van der Waals surface area contributed by atoms with E-state index in [1.54, 1.807) is 12.3 Å². The molecule has 0 aliphatic carbocycles. The monoisotopic (exact) mass is 274 g/mol. The zero-order valence-electron chi connectivity index (χ0n) is 9.91. The van der Waals surface area contributed by atoms with E-state index in [-0.39, 0.29) is 11.9 Å². The van der Waals surface area contributed by atoms with Gasteiger partial charge in [-0.3, -0.25) is 9.78 Å². The van der Waals surface area contributed by atoms with Crippen molar-refractivity contribution < 1.29 is 4.79 Å². The number of carbonyl (C=O) groups excluding carboxylic acids is 1. The van der Waals surface area contributed by atoms with E-state index in [1.165, 1.54) is 6.20 Å². The molecule has 0 saturated heterocycles. The highest BCUT2D eigenvalue weighted by molar-refractivity contribution is 6.33. The second-order valence-electron chi connectivity index (χ2n) is 4.31. The summed E-state index contributed by atoms with van der Waals surface area (Å²) in [6.07, 6.45) is 3.84. The molecule has 0 saturated carbocycles. The van der Waals surface area contributed by atoms with Crippen molar-refractivity contribution in [3.8, 4) is 0 Å². The lowest BCUT2D eigenvalue weighted by atomic mass is 10.0. The fourth-order valence-electron chi connectivity index (χ4n) is 1.55. The lowest BCUT2D eigenvalue weighted by Crippen LogP contribution is -2.37. The zero-order valence-corrected chi connectivity index (χ0v) is 11.4. The first kappa shape index (κ1) is 14.3. The van der Waals surface area contributed by atoms with Crippen molar-refractivity contribution in [3.63, 3.8) is 0 Å². The fourth-order valence-corrected chi connectivity index (χ4v) is 1.96. The number of halogens is 2. The van der Waals surface area contributed by atoms with E-state index < -0.39 is 0 Å². The highest BCUT2D eigenvalue weighted by atomic mass is 35.5. The quantitative estimate of drug-likeness (QED) is 0.839. The van der Waals surface area contributed by atoms with Crippen LogP contribution in [0, 0.1) is 5.92 Å². The zero-order chi connectivity index (χ0) is 12.8. The SMILES string of the molecule is CC(C)CC(CCl)NC(=O)c1ccncc1Cl. The summed E-state index contributed by atoms with van der Waals surface area (Å²) in [6.45, 7) is 4.18. The van der Waals surface area contributed by atoms with Gasteiger partial charge in [0.2, 0.25) is 0 Å². The van der Waals surface area contributed by atoms with Crippen molar-refractivity contribution in [1.29, 1.82) is 0 Å². The molecule has 0 fully saturated rings. The second-order valence-corrected chi connectivity index (χ2v) is 5.03. The van der Waals surface area contributed by atoms with Gasteiger partial charge in [0.25, 0.3) is 5.91 Å². The molecule has 1 unspecified atom stereocenters. The number of carbonyl (C=O) groups is 1. The third kappa shape index (κ3) is 4.52. The van der Waals surface area contributed by atoms with Crippen LogP contribution in [0.15, 0.2) is 18.5 Å². The average Bonchev–Trinajstić information content (AvgIpc) is 2.27. The fraction of sp³-hybridized carbons (Fsp3) is 0.500. The van der Waals surface area contributed by atoms with E-state index in [2.05, 4.69) is 24.1 Å². The summed E-state index contributed by atoms with van der Waals surface area (Å²) in [5.74, 6) is 0.669. The van der Waals surface area contributed by atoms with Gasteiger partial charge in [-0.15, -0.1) is 11.6 Å². The van der Waals surface area contributed by atoms with Gasteiger partial charge in [-0.1, -0.05) is 25.4 Å². The number of nitrogens with one attached hydrogen (secondary N) is 1. The minimum absolute atomic E-state index is 0.0339. The Morgan fingerprint density at radius 1 is 1.53 bits per heavy atom. The van der Waals surface area contributed by atoms with E-state index in [9.17, 15) is 4.79 Å². The molecule has 1 aromatic heterocycles. The van der Waals surface area contributed by atoms with E-state index >= 15 is 0 Å². The Labute approximate surface area is 112 Å². The number of pyridine rings is 1. The predicted octanol–water partition coefficient (Wildman–Crippen LogP) is 3.12. The van der Waals surface area contributed by atoms with Crippen LogP contribution in [0.4, 0.5) is 0 Å². The van der Waals surface area contributed by atoms with E-state index in [1.807, 2.05) is 0 Å². The highest BCUT2D eigenvalue weighted by Crippen LogP contribution is 2.14. The van der Waals surface area contributed by atoms with Crippen LogP contribution in [0.1, 0.15) is 30.6 Å². The summed E-state index contributed by atoms with van der Waals surface area (Å²) in [4.78, 5) is 15.8. The van der Waals surface area contributed by atoms with Crippen molar-refractivity contribution in [1.82, 2.24) is 10.3 Å². The molecule has 1 atom stereocenters. The molecule has 3 nitrogen and oxygen atoms in total. The number of hydrogen-bond acceptors (Lipinski definition) is 2. The third-order valence-corrected chi connectivity index (χ3v) is 2.97. The summed E-state index contributed by atoms with van der Waals surface area (Å²) in [5, 5.41) is 3.22. The summed E-state index contributed by atoms with van der Waals surface area (Å²) >= 11 is 11.7. The Hall–Kier alpha value is -0.800. The van der Waals surface area contributed by atoms with Crippen LogP contribution in [0.25, 0.3) is 0 Å². The molecule has 0 spiro atoms. The van der Waals surface area contributed by atoms with Gasteiger partial charge >= 0.3 is 0 Å². The molecule has 0 bridgehead atoms. The Bertz CT molecular complexity index is 383. The Balaban J connectivity index is 2.68. The molecule has 94 valence electrons. The first-order valence-corrected chi connectivity index (χ1v) is 6.42. The predicted molar refractivity (Wildman–Crippen MR) is 70.7 cm³/mol. The van der Waals surface area contributed by atoms with E-state index in [4.69, 9.17) is 23.2 Å². The van der Waals surface area contributed by atoms with Gasteiger partial charge in [0.1, 0.15) is 0 Å². The maximum atomic E-state index is 11.9. The molecular formula is C12H16Cl2N2O. The van der Waals surface area contributed by atoms with Gasteiger partial charge in [-0.25, -0.2) is 0 Å². The van der Waals surface area contributed by atoms with Gasteiger partial charge in [0.15, 0.2) is 0 Å². The summed E-state index contributed by atoms with van der Waals surface area (Å²) in [6, 6.07) is 1.56. The smallest absolute Gasteiger partial charge is 0.253 e. The van der Waals surface area contributed by atoms with Crippen molar-refractivity contribution in [2.24, 2.45) is 5.92 Å². The molecule has 1 N–H and O–H groups in total. The molecule has 0 radical (unpaired) electrons. The maximum absolute atomic E-state index is 11.9. The van der Waals surface area contributed by atoms with Crippen LogP contribution in [0.2, 0.25) is 5.02 Å². The molecule has 1 amide bonds. The van der Waals surface area contributed by atoms with Gasteiger partial charge in [0.05, 0.1) is 10.6 Å². The standard InChI is InChI=1S/C12H16Cl2N2O/c1-8(2)5-9(6-13)16-12(17)10-3-4-15-7-11(10)14/h3-4,7-9H,5-6H2,1-2H3,(H,16,17). The lowest BCUT2D eigenvalue weighted by molar-refractivity contribution is 0.0936. The molecule has 0 aromatic carbocycles. The topological polar surface area (TPSA) is 42.0 Å². The molecular weight excluding hydrogens is 259 g/mol. The minimum atomic E-state index is -0.205. The summed E-state index contributed by atoms with van der Waals surface area (Å²) in [7, 11) is 0. The minimum Gasteiger partial charge on any atom is -0.348 e. The third-order valence-electron chi connectivity index (χ3n) is 2.29. The molecule has 1 heterocycles. The van der Waals surface area contributed by atoms with E-state index in [0.717, 1.165) is 6.42 Å². The summed E-state index contributed by atoms with van der Waals surface area (Å²) in [5.41, 5.74) is 0.431. The highest BCUT2D eigenvalue weighted by Gasteiger charge is 2.16. The number of nitrogens with zero attached hydrogens (tertiary/aromatic N) is 1. The second kappa shape index (κ2) is 6.82. The molecule has 5 heteroatoms. The Morgan fingerprint density at radius 3 is 2.76 bits per heavy atom. The molecule has 0 aliphatic heterocycles. The number of alkyl halides is 1.